The van der Waals surface area contributed by atoms with Gasteiger partial charge in [-0.2, -0.15) is 0 Å². The molecule has 3 nitrogen and oxygen atoms in total. The van der Waals surface area contributed by atoms with Crippen molar-refractivity contribution >= 4 is 0 Å². The Hall–Kier alpha value is -0.640. The Labute approximate surface area is 215 Å². The molecule has 0 heterocycles. The van der Waals surface area contributed by atoms with E-state index in [-0.39, 0.29) is 39.6 Å². The third-order valence-electron chi connectivity index (χ3n) is 12.6. The van der Waals surface area contributed by atoms with E-state index in [1.54, 1.807) is 11.1 Å². The summed E-state index contributed by atoms with van der Waals surface area (Å²) in [6, 6.07) is 0. The average Bonchev–Trinajstić information content (AvgIpc) is 3.07. The molecule has 0 amide bonds. The molecule has 0 spiro atoms. The second kappa shape index (κ2) is 8.98. The normalized spacial score (nSPS) is 43.9. The Morgan fingerprint density at radius 3 is 2.14 bits per heavy atom. The Morgan fingerprint density at radius 1 is 0.886 bits per heavy atom. The molecule has 3 N–H and O–H groups in total. The third kappa shape index (κ3) is 3.76. The number of fused-ring (bicyclic) bond motifs is 4. The fourth-order valence-corrected chi connectivity index (χ4v) is 10.1. The van der Waals surface area contributed by atoms with E-state index in [4.69, 9.17) is 0 Å². The quantitative estimate of drug-likeness (QED) is 0.365. The standard InChI is InChI=1S/C32H54O3/c1-10-21(19(2)3)28(35)27(34)20(4)22-13-17-32(9)24-11-12-25-29(5,6)26(33)15-16-30(25,7)23(24)14-18-31(22,32)8/h10,19-20,22,25-28,33-35H,11-18H2,1-9H3. The molecule has 0 saturated heterocycles. The van der Waals surface area contributed by atoms with Gasteiger partial charge in [0, 0.05) is 0 Å². The summed E-state index contributed by atoms with van der Waals surface area (Å²) in [5.41, 5.74) is 4.92. The third-order valence-corrected chi connectivity index (χ3v) is 12.6. The van der Waals surface area contributed by atoms with Crippen LogP contribution in [0.15, 0.2) is 22.8 Å². The minimum atomic E-state index is -0.783. The zero-order chi connectivity index (χ0) is 26.1. The Kier molecular flexibility index (Phi) is 7.03. The molecule has 0 aliphatic heterocycles. The first kappa shape index (κ1) is 27.4. The van der Waals surface area contributed by atoms with E-state index in [2.05, 4.69) is 55.4 Å². The van der Waals surface area contributed by atoms with Gasteiger partial charge in [0.05, 0.1) is 12.2 Å². The first-order valence-electron chi connectivity index (χ1n) is 14.6. The van der Waals surface area contributed by atoms with Crippen molar-refractivity contribution in [2.45, 2.75) is 132 Å². The van der Waals surface area contributed by atoms with Gasteiger partial charge in [-0.1, -0.05) is 72.6 Å². The van der Waals surface area contributed by atoms with Gasteiger partial charge in [-0.3, -0.25) is 0 Å². The van der Waals surface area contributed by atoms with Crippen LogP contribution in [0.5, 0.6) is 0 Å². The van der Waals surface area contributed by atoms with Gasteiger partial charge in [0.25, 0.3) is 0 Å². The lowest BCUT2D eigenvalue weighted by atomic mass is 9.43. The van der Waals surface area contributed by atoms with Crippen molar-refractivity contribution in [1.82, 2.24) is 0 Å². The van der Waals surface area contributed by atoms with Crippen molar-refractivity contribution in [2.75, 3.05) is 0 Å². The van der Waals surface area contributed by atoms with E-state index >= 15 is 0 Å². The zero-order valence-corrected chi connectivity index (χ0v) is 24.1. The number of allylic oxidation sites excluding steroid dienone is 3. The minimum Gasteiger partial charge on any atom is -0.393 e. The van der Waals surface area contributed by atoms with Gasteiger partial charge in [0.15, 0.2) is 0 Å². The summed E-state index contributed by atoms with van der Waals surface area (Å²) in [6.07, 6.45) is 9.32. The van der Waals surface area contributed by atoms with Crippen LogP contribution in [0.25, 0.3) is 0 Å². The van der Waals surface area contributed by atoms with E-state index in [1.165, 1.54) is 25.7 Å². The predicted molar refractivity (Wildman–Crippen MR) is 145 cm³/mol. The van der Waals surface area contributed by atoms with Crippen LogP contribution in [0.2, 0.25) is 0 Å². The van der Waals surface area contributed by atoms with Gasteiger partial charge in [0.2, 0.25) is 0 Å². The van der Waals surface area contributed by atoms with Crippen molar-refractivity contribution in [3.63, 3.8) is 0 Å². The van der Waals surface area contributed by atoms with Crippen LogP contribution in [0.1, 0.15) is 114 Å². The maximum absolute atomic E-state index is 11.4. The van der Waals surface area contributed by atoms with Gasteiger partial charge >= 0.3 is 0 Å². The highest BCUT2D eigenvalue weighted by Gasteiger charge is 2.63. The van der Waals surface area contributed by atoms with E-state index < -0.39 is 12.2 Å². The molecule has 200 valence electrons. The monoisotopic (exact) mass is 486 g/mol. The zero-order valence-electron chi connectivity index (χ0n) is 24.1. The molecule has 2 saturated carbocycles. The second-order valence-electron chi connectivity index (χ2n) is 14.5. The van der Waals surface area contributed by atoms with E-state index in [0.717, 1.165) is 31.3 Å². The van der Waals surface area contributed by atoms with Gasteiger partial charge in [-0.15, -0.1) is 0 Å². The summed E-state index contributed by atoms with van der Waals surface area (Å²) in [6.45, 7) is 20.5. The number of aliphatic hydroxyl groups excluding tert-OH is 3. The molecule has 35 heavy (non-hydrogen) atoms. The predicted octanol–water partition coefficient (Wildman–Crippen LogP) is 7.06. The molecule has 4 aliphatic carbocycles. The molecule has 9 atom stereocenters. The van der Waals surface area contributed by atoms with E-state index in [0.29, 0.717) is 11.8 Å². The fourth-order valence-electron chi connectivity index (χ4n) is 10.1. The van der Waals surface area contributed by atoms with E-state index in [1.807, 2.05) is 13.0 Å². The summed E-state index contributed by atoms with van der Waals surface area (Å²) in [5, 5.41) is 33.3. The van der Waals surface area contributed by atoms with Crippen molar-refractivity contribution in [3.8, 4) is 0 Å². The molecule has 0 aromatic carbocycles. The van der Waals surface area contributed by atoms with Crippen LogP contribution in [-0.4, -0.2) is 33.6 Å². The van der Waals surface area contributed by atoms with Gasteiger partial charge in [-0.05, 0) is 109 Å². The van der Waals surface area contributed by atoms with Gasteiger partial charge in [0.1, 0.15) is 6.10 Å². The lowest BCUT2D eigenvalue weighted by Gasteiger charge is -2.62. The molecule has 0 aromatic heterocycles. The number of aliphatic hydroxyl groups is 3. The van der Waals surface area contributed by atoms with Gasteiger partial charge in [-0.25, -0.2) is 0 Å². The number of hydrogen-bond donors (Lipinski definition) is 3. The Bertz CT molecular complexity index is 883. The van der Waals surface area contributed by atoms with Gasteiger partial charge < -0.3 is 15.3 Å². The van der Waals surface area contributed by atoms with Crippen molar-refractivity contribution in [1.29, 1.82) is 0 Å². The van der Waals surface area contributed by atoms with E-state index in [9.17, 15) is 15.3 Å². The average molecular weight is 487 g/mol. The van der Waals surface area contributed by atoms with Crippen molar-refractivity contribution < 1.29 is 15.3 Å². The smallest absolute Gasteiger partial charge is 0.101 e. The second-order valence-corrected chi connectivity index (χ2v) is 14.5. The largest absolute Gasteiger partial charge is 0.393 e. The minimum absolute atomic E-state index is 0.0267. The van der Waals surface area contributed by atoms with Crippen molar-refractivity contribution in [3.05, 3.63) is 22.8 Å². The summed E-state index contributed by atoms with van der Waals surface area (Å²) in [4.78, 5) is 0. The number of rotatable bonds is 5. The Balaban J connectivity index is 1.66. The van der Waals surface area contributed by atoms with Crippen molar-refractivity contribution in [2.24, 2.45) is 45.3 Å². The molecular formula is C32H54O3. The molecule has 9 unspecified atom stereocenters. The Morgan fingerprint density at radius 2 is 1.54 bits per heavy atom. The van der Waals surface area contributed by atoms with Crippen LogP contribution < -0.4 is 0 Å². The summed E-state index contributed by atoms with van der Waals surface area (Å²) in [7, 11) is 0. The fraction of sp³-hybridized carbons (Fsp3) is 0.875. The maximum Gasteiger partial charge on any atom is 0.101 e. The lowest BCUT2D eigenvalue weighted by Crippen LogP contribution is -2.55. The van der Waals surface area contributed by atoms with Crippen LogP contribution in [0, 0.1) is 45.3 Å². The molecule has 4 rings (SSSR count). The highest BCUT2D eigenvalue weighted by Crippen LogP contribution is 2.72. The lowest BCUT2D eigenvalue weighted by molar-refractivity contribution is -0.0981. The molecule has 0 radical (unpaired) electrons. The molecular weight excluding hydrogens is 432 g/mol. The van der Waals surface area contributed by atoms with Crippen LogP contribution in [0.3, 0.4) is 0 Å². The SMILES string of the molecule is CC=C(C(C)C)C(O)C(O)C(C)C1CCC2(C)C3=C(CCC12C)C1(C)CCC(O)C(C)(C)C1CC3. The molecule has 0 aromatic rings. The maximum atomic E-state index is 11.4. The highest BCUT2D eigenvalue weighted by molar-refractivity contribution is 5.39. The number of hydrogen-bond acceptors (Lipinski definition) is 3. The summed E-state index contributed by atoms with van der Waals surface area (Å²) in [5.74, 6) is 1.25. The molecule has 0 bridgehead atoms. The molecule has 2 fully saturated rings. The summed E-state index contributed by atoms with van der Waals surface area (Å²) >= 11 is 0. The van der Waals surface area contributed by atoms with Crippen LogP contribution in [-0.2, 0) is 0 Å². The first-order chi connectivity index (χ1) is 16.2. The summed E-state index contributed by atoms with van der Waals surface area (Å²) < 4.78 is 0. The topological polar surface area (TPSA) is 60.7 Å². The first-order valence-corrected chi connectivity index (χ1v) is 14.6. The van der Waals surface area contributed by atoms with Crippen LogP contribution in [0.4, 0.5) is 0 Å². The molecule has 3 heteroatoms. The highest BCUT2D eigenvalue weighted by atomic mass is 16.3. The molecule has 4 aliphatic rings. The van der Waals surface area contributed by atoms with Crippen LogP contribution >= 0.6 is 0 Å².